The Hall–Kier alpha value is -9.14. The zero-order chi connectivity index (χ0) is 54.0. The van der Waals surface area contributed by atoms with Crippen LogP contribution >= 0.6 is 0 Å². The number of morpholine rings is 2. The molecule has 7 atom stereocenters. The molecule has 16 nitrogen and oxygen atoms in total. The highest BCUT2D eigenvalue weighted by Gasteiger charge is 2.75. The third kappa shape index (κ3) is 9.31. The predicted molar refractivity (Wildman–Crippen MR) is 297 cm³/mol. The molecule has 8 aromatic rings. The molecular formula is C63H56N8O8. The quantitative estimate of drug-likeness (QED) is 0.0786. The lowest BCUT2D eigenvalue weighted by molar-refractivity contribution is -0.177. The third-order valence-corrected chi connectivity index (χ3v) is 15.5. The molecule has 4 aliphatic rings. The number of amides is 4. The van der Waals surface area contributed by atoms with Crippen molar-refractivity contribution in [2.24, 2.45) is 5.92 Å². The van der Waals surface area contributed by atoms with Gasteiger partial charge >= 0.3 is 12.0 Å². The van der Waals surface area contributed by atoms with E-state index in [0.29, 0.717) is 60.0 Å². The number of imide groups is 1. The highest BCUT2D eigenvalue weighted by molar-refractivity contribution is 6.25. The number of nitrogens with zero attached hydrogens (tertiary/aromatic N) is 6. The van der Waals surface area contributed by atoms with Crippen molar-refractivity contribution < 1.29 is 38.5 Å². The van der Waals surface area contributed by atoms with Crippen molar-refractivity contribution in [3.63, 3.8) is 0 Å². The summed E-state index contributed by atoms with van der Waals surface area (Å²) < 4.78 is 20.1. The molecule has 0 saturated carbocycles. The van der Waals surface area contributed by atoms with Crippen LogP contribution in [0, 0.1) is 17.8 Å². The molecule has 5 heterocycles. The molecule has 3 saturated heterocycles. The number of hydrogen-bond donors (Lipinski definition) is 3. The minimum absolute atomic E-state index is 0.0300. The van der Waals surface area contributed by atoms with Crippen molar-refractivity contribution in [1.82, 2.24) is 25.2 Å². The summed E-state index contributed by atoms with van der Waals surface area (Å²) in [4.78, 5) is 69.7. The van der Waals surface area contributed by atoms with Gasteiger partial charge in [0.2, 0.25) is 11.8 Å². The lowest BCUT2D eigenvalue weighted by Gasteiger charge is -2.46. The highest BCUT2D eigenvalue weighted by Crippen LogP contribution is 2.66. The molecule has 0 aliphatic carbocycles. The van der Waals surface area contributed by atoms with Crippen LogP contribution in [0.5, 0.6) is 5.75 Å². The number of cyclic esters (lactones) is 1. The molecule has 16 heteroatoms. The summed E-state index contributed by atoms with van der Waals surface area (Å²) in [5, 5.41) is 24.9. The molecule has 1 aromatic heterocycles. The van der Waals surface area contributed by atoms with Crippen molar-refractivity contribution in [3.8, 4) is 17.6 Å². The van der Waals surface area contributed by atoms with E-state index in [4.69, 9.17) is 14.2 Å². The Kier molecular flexibility index (Phi) is 13.9. The van der Waals surface area contributed by atoms with Gasteiger partial charge in [0.25, 0.3) is 0 Å². The number of anilines is 3. The molecule has 0 unspecified atom stereocenters. The Balaban J connectivity index is 1.09. The van der Waals surface area contributed by atoms with Crippen LogP contribution in [0.25, 0.3) is 11.0 Å². The van der Waals surface area contributed by atoms with Gasteiger partial charge in [-0.05, 0) is 101 Å². The molecule has 4 aliphatic heterocycles. The maximum atomic E-state index is 17.0. The molecule has 1 spiro atoms. The standard InChI is InChI=1S/C63H56N8O8/c1-41(43-16-5-2-6-17-43)64-62(76)70-52-31-26-42(15-14-32-69-53-25-12-11-24-51(53)66-67-69)39-50(52)63(61(70)75)54(59(73)65-47-27-29-48(30-28-47)68-33-36-77-37-34-68)56-60(74)79-57(45-20-9-4-10-21-45)55(44-18-7-3-8-19-44)71(56)58(63)46-22-13-23-49(40-46)78-38-35-72/h2-13,16-31,39-41,54-58,72H,32-38H2,1H3,(H,64,76)(H,65,73)/t41-,54-,55-,56-,57+,58+,63-/m1/s1. The van der Waals surface area contributed by atoms with Crippen LogP contribution in [0.4, 0.5) is 21.9 Å². The van der Waals surface area contributed by atoms with Crippen molar-refractivity contribution in [2.45, 2.75) is 49.2 Å². The highest BCUT2D eigenvalue weighted by atomic mass is 16.6. The van der Waals surface area contributed by atoms with E-state index in [0.717, 1.165) is 32.7 Å². The molecule has 4 amide bonds. The first-order valence-electron chi connectivity index (χ1n) is 26.5. The number of aromatic nitrogens is 3. The number of carbonyl (C=O) groups is 4. The van der Waals surface area contributed by atoms with E-state index in [1.165, 1.54) is 0 Å². The number of carbonyl (C=O) groups excluding carboxylic acids is 4. The molecule has 396 valence electrons. The third-order valence-electron chi connectivity index (χ3n) is 15.5. The average molecular weight is 1050 g/mol. The van der Waals surface area contributed by atoms with Gasteiger partial charge in [-0.25, -0.2) is 14.4 Å². The van der Waals surface area contributed by atoms with Crippen LogP contribution in [-0.4, -0.2) is 94.4 Å². The number of fused-ring (bicyclic) bond motifs is 4. The minimum Gasteiger partial charge on any atom is -0.491 e. The number of para-hydroxylation sites is 1. The van der Waals surface area contributed by atoms with Gasteiger partial charge in [-0.1, -0.05) is 132 Å². The molecule has 3 fully saturated rings. The Morgan fingerprint density at radius 2 is 1.48 bits per heavy atom. The van der Waals surface area contributed by atoms with Gasteiger partial charge in [0.15, 0.2) is 0 Å². The first-order valence-corrected chi connectivity index (χ1v) is 26.5. The lowest BCUT2D eigenvalue weighted by atomic mass is 9.65. The zero-order valence-corrected chi connectivity index (χ0v) is 43.2. The van der Waals surface area contributed by atoms with Gasteiger partial charge in [-0.2, -0.15) is 0 Å². The fraction of sp³-hybridized carbons (Fsp3) is 0.238. The number of aliphatic hydroxyl groups is 1. The molecule has 79 heavy (non-hydrogen) atoms. The van der Waals surface area contributed by atoms with E-state index in [9.17, 15) is 5.11 Å². The summed E-state index contributed by atoms with van der Waals surface area (Å²) >= 11 is 0. The summed E-state index contributed by atoms with van der Waals surface area (Å²) in [5.41, 5.74) is 4.54. The van der Waals surface area contributed by atoms with Gasteiger partial charge in [0, 0.05) is 30.0 Å². The number of aliphatic hydroxyl groups excluding tert-OH is 1. The minimum atomic E-state index is -2.09. The summed E-state index contributed by atoms with van der Waals surface area (Å²) in [5.74, 6) is 3.23. The Morgan fingerprint density at radius 1 is 0.785 bits per heavy atom. The maximum absolute atomic E-state index is 17.0. The van der Waals surface area contributed by atoms with Crippen LogP contribution in [0.1, 0.15) is 64.5 Å². The van der Waals surface area contributed by atoms with E-state index in [1.807, 2.05) is 145 Å². The number of hydrogen-bond acceptors (Lipinski definition) is 12. The second-order valence-corrected chi connectivity index (χ2v) is 20.0. The number of nitrogens with one attached hydrogen (secondary N) is 2. The van der Waals surface area contributed by atoms with Crippen LogP contribution in [-0.2, 0) is 35.8 Å². The van der Waals surface area contributed by atoms with Gasteiger partial charge in [0.1, 0.15) is 42.0 Å². The smallest absolute Gasteiger partial charge is 0.329 e. The monoisotopic (exact) mass is 1050 g/mol. The first-order chi connectivity index (χ1) is 38.7. The number of ether oxygens (including phenoxy) is 3. The van der Waals surface area contributed by atoms with Crippen LogP contribution < -0.4 is 25.2 Å². The first kappa shape index (κ1) is 50.7. The molecule has 7 aromatic carbocycles. The van der Waals surface area contributed by atoms with Gasteiger partial charge < -0.3 is 34.9 Å². The summed E-state index contributed by atoms with van der Waals surface area (Å²) in [6.07, 6.45) is -0.942. The largest absolute Gasteiger partial charge is 0.491 e. The van der Waals surface area contributed by atoms with Gasteiger partial charge in [0.05, 0.1) is 55.1 Å². The number of urea groups is 1. The summed E-state index contributed by atoms with van der Waals surface area (Å²) in [7, 11) is 0. The molecule has 0 bridgehead atoms. The Labute approximate surface area is 456 Å². The van der Waals surface area contributed by atoms with Crippen molar-refractivity contribution in [3.05, 3.63) is 215 Å². The molecule has 3 N–H and O–H groups in total. The number of esters is 1. The predicted octanol–water partition coefficient (Wildman–Crippen LogP) is 8.47. The van der Waals surface area contributed by atoms with Crippen LogP contribution in [0.3, 0.4) is 0 Å². The molecule has 0 radical (unpaired) electrons. The summed E-state index contributed by atoms with van der Waals surface area (Å²) in [6.45, 7) is 4.30. The zero-order valence-electron chi connectivity index (χ0n) is 43.2. The Morgan fingerprint density at radius 3 is 2.23 bits per heavy atom. The second kappa shape index (κ2) is 21.7. The lowest BCUT2D eigenvalue weighted by Crippen LogP contribution is -2.55. The van der Waals surface area contributed by atoms with Gasteiger partial charge in [-0.3, -0.25) is 19.3 Å². The number of benzene rings is 7. The SMILES string of the molecule is C[C@@H](NC(=O)N1C(=O)[C@@]2(c3cc(C#CCn4nnc5ccccc54)ccc31)[C@H](c1cccc(OCCO)c1)N1[C@H](c3ccccc3)[C@H](c3ccccc3)OC(=O)[C@H]1[C@@H]2C(=O)Nc1ccc(N2CCOCC2)cc1)c1ccccc1. The van der Waals surface area contributed by atoms with E-state index < -0.39 is 65.4 Å². The average Bonchev–Trinajstić information content (AvgIpc) is 2.73. The fourth-order valence-electron chi connectivity index (χ4n) is 12.0. The molecular weight excluding hydrogens is 997 g/mol. The van der Waals surface area contributed by atoms with E-state index >= 15 is 19.2 Å². The van der Waals surface area contributed by atoms with Crippen LogP contribution in [0.15, 0.2) is 182 Å². The van der Waals surface area contributed by atoms with E-state index in [-0.39, 0.29) is 25.4 Å². The fourth-order valence-corrected chi connectivity index (χ4v) is 12.0. The maximum Gasteiger partial charge on any atom is 0.329 e. The van der Waals surface area contributed by atoms with E-state index in [1.54, 1.807) is 53.2 Å². The van der Waals surface area contributed by atoms with Crippen molar-refractivity contribution in [1.29, 1.82) is 0 Å². The Bertz CT molecular complexity index is 3620. The topological polar surface area (TPSA) is 181 Å². The normalized spacial score (nSPS) is 21.9. The van der Waals surface area contributed by atoms with Crippen molar-refractivity contribution >= 4 is 51.9 Å². The number of rotatable bonds is 12. The van der Waals surface area contributed by atoms with E-state index in [2.05, 4.69) is 37.7 Å². The van der Waals surface area contributed by atoms with Crippen LogP contribution in [0.2, 0.25) is 0 Å². The summed E-state index contributed by atoms with van der Waals surface area (Å²) in [6, 6.07) is 51.1. The van der Waals surface area contributed by atoms with Crippen molar-refractivity contribution in [2.75, 3.05) is 54.6 Å². The molecule has 12 rings (SSSR count). The van der Waals surface area contributed by atoms with Gasteiger partial charge in [-0.15, -0.1) is 5.10 Å². The second-order valence-electron chi connectivity index (χ2n) is 20.0.